The number of fused-ring (bicyclic) bond motifs is 2. The number of amidine groups is 1. The molecule has 2 aromatic rings. The Morgan fingerprint density at radius 3 is 2.89 bits per heavy atom. The minimum Gasteiger partial charge on any atom is -0.269 e. The van der Waals surface area contributed by atoms with Crippen molar-refractivity contribution in [3.63, 3.8) is 0 Å². The van der Waals surface area contributed by atoms with Crippen LogP contribution in [0.5, 0.6) is 0 Å². The van der Waals surface area contributed by atoms with Crippen LogP contribution in [-0.4, -0.2) is 11.7 Å². The van der Waals surface area contributed by atoms with E-state index in [9.17, 15) is 4.79 Å². The average Bonchev–Trinajstić information content (AvgIpc) is 2.76. The fourth-order valence-corrected chi connectivity index (χ4v) is 2.63. The van der Waals surface area contributed by atoms with E-state index in [1.165, 1.54) is 0 Å². The molecule has 0 aromatic heterocycles. The Hall–Kier alpha value is -2.42. The number of hydrogen-bond acceptors (Lipinski definition) is 2. The lowest BCUT2D eigenvalue weighted by Gasteiger charge is -2.25. The van der Waals surface area contributed by atoms with Crippen molar-refractivity contribution in [1.82, 2.24) is 0 Å². The molecular formula is C15H10N2O. The van der Waals surface area contributed by atoms with Crippen LogP contribution in [0, 0.1) is 6.92 Å². The monoisotopic (exact) mass is 234 g/mol. The van der Waals surface area contributed by atoms with Crippen LogP contribution >= 0.6 is 0 Å². The molecule has 0 radical (unpaired) electrons. The summed E-state index contributed by atoms with van der Waals surface area (Å²) in [5, 5.41) is 2.19. The summed E-state index contributed by atoms with van der Waals surface area (Å²) in [5.41, 5.74) is 3.05. The minimum atomic E-state index is -0.0200. The molecule has 2 aromatic carbocycles. The second-order valence-electron chi connectivity index (χ2n) is 4.58. The van der Waals surface area contributed by atoms with Gasteiger partial charge in [0.1, 0.15) is 5.84 Å². The van der Waals surface area contributed by atoms with Gasteiger partial charge in [0.2, 0.25) is 0 Å². The van der Waals surface area contributed by atoms with E-state index >= 15 is 0 Å². The van der Waals surface area contributed by atoms with Crippen LogP contribution < -0.4 is 4.90 Å². The van der Waals surface area contributed by atoms with Gasteiger partial charge in [0.25, 0.3) is 5.91 Å². The Bertz CT molecular complexity index is 771. The number of amides is 1. The van der Waals surface area contributed by atoms with Crippen molar-refractivity contribution in [2.24, 2.45) is 4.99 Å². The highest BCUT2D eigenvalue weighted by atomic mass is 16.2. The fraction of sp³-hybridized carbons (Fsp3) is 0.0667. The fourth-order valence-electron chi connectivity index (χ4n) is 2.63. The third kappa shape index (κ3) is 1.03. The van der Waals surface area contributed by atoms with Gasteiger partial charge in [-0.3, -0.25) is 9.69 Å². The molecule has 2 heterocycles. The topological polar surface area (TPSA) is 32.7 Å². The van der Waals surface area contributed by atoms with Crippen LogP contribution in [0.2, 0.25) is 0 Å². The number of benzene rings is 2. The zero-order chi connectivity index (χ0) is 12.3. The lowest BCUT2D eigenvalue weighted by atomic mass is 10.0. The molecule has 0 atom stereocenters. The van der Waals surface area contributed by atoms with Gasteiger partial charge in [-0.1, -0.05) is 24.3 Å². The molecule has 0 aliphatic carbocycles. The van der Waals surface area contributed by atoms with Crippen LogP contribution in [0.25, 0.3) is 10.8 Å². The number of hydrogen-bond donors (Lipinski definition) is 0. The SMILES string of the molecule is Cc1ccc2cccc3c2c1N=C1C=CC(=O)N13. The van der Waals surface area contributed by atoms with E-state index in [0.717, 1.165) is 27.7 Å². The maximum atomic E-state index is 11.9. The third-order valence-corrected chi connectivity index (χ3v) is 3.49. The summed E-state index contributed by atoms with van der Waals surface area (Å²) in [7, 11) is 0. The van der Waals surface area contributed by atoms with Crippen LogP contribution in [0.15, 0.2) is 47.5 Å². The summed E-state index contributed by atoms with van der Waals surface area (Å²) in [5.74, 6) is 0.697. The van der Waals surface area contributed by atoms with E-state index in [-0.39, 0.29) is 5.91 Å². The molecule has 0 spiro atoms. The van der Waals surface area contributed by atoms with Crippen LogP contribution in [0.3, 0.4) is 0 Å². The lowest BCUT2D eigenvalue weighted by Crippen LogP contribution is -2.31. The molecule has 0 N–H and O–H groups in total. The first-order valence-corrected chi connectivity index (χ1v) is 5.89. The second kappa shape index (κ2) is 3.07. The van der Waals surface area contributed by atoms with Crippen molar-refractivity contribution in [3.05, 3.63) is 48.0 Å². The normalized spacial score (nSPS) is 16.2. The summed E-state index contributed by atoms with van der Waals surface area (Å²) in [6.45, 7) is 2.05. The summed E-state index contributed by atoms with van der Waals surface area (Å²) in [4.78, 5) is 18.2. The van der Waals surface area contributed by atoms with Gasteiger partial charge < -0.3 is 0 Å². The Morgan fingerprint density at radius 1 is 1.11 bits per heavy atom. The van der Waals surface area contributed by atoms with E-state index in [2.05, 4.69) is 23.2 Å². The number of nitrogens with zero attached hydrogens (tertiary/aromatic N) is 2. The van der Waals surface area contributed by atoms with E-state index in [1.807, 2.05) is 19.1 Å². The van der Waals surface area contributed by atoms with Crippen molar-refractivity contribution in [2.75, 3.05) is 4.90 Å². The standard InChI is InChI=1S/C15H10N2O/c1-9-5-6-10-3-2-4-11-14(10)15(9)16-12-7-8-13(18)17(11)12/h2-8H,1H3. The summed E-state index contributed by atoms with van der Waals surface area (Å²) in [6, 6.07) is 10.2. The van der Waals surface area contributed by atoms with Gasteiger partial charge in [0.05, 0.1) is 11.4 Å². The number of carbonyl (C=O) groups is 1. The summed E-state index contributed by atoms with van der Waals surface area (Å²) >= 11 is 0. The molecule has 0 saturated carbocycles. The van der Waals surface area contributed by atoms with Crippen LogP contribution in [0.4, 0.5) is 11.4 Å². The number of anilines is 1. The lowest BCUT2D eigenvalue weighted by molar-refractivity contribution is -0.113. The second-order valence-corrected chi connectivity index (χ2v) is 4.58. The smallest absolute Gasteiger partial charge is 0.256 e. The summed E-state index contributed by atoms with van der Waals surface area (Å²) < 4.78 is 0. The Labute approximate surface area is 104 Å². The molecule has 3 nitrogen and oxygen atoms in total. The highest BCUT2D eigenvalue weighted by Crippen LogP contribution is 2.41. The average molecular weight is 234 g/mol. The van der Waals surface area contributed by atoms with Crippen molar-refractivity contribution in [3.8, 4) is 0 Å². The van der Waals surface area contributed by atoms with Crippen molar-refractivity contribution < 1.29 is 4.79 Å². The van der Waals surface area contributed by atoms with Gasteiger partial charge in [0, 0.05) is 11.5 Å². The van der Waals surface area contributed by atoms with Crippen molar-refractivity contribution in [1.29, 1.82) is 0 Å². The Morgan fingerprint density at radius 2 is 2.00 bits per heavy atom. The molecule has 18 heavy (non-hydrogen) atoms. The molecule has 0 fully saturated rings. The molecule has 0 saturated heterocycles. The molecule has 4 rings (SSSR count). The quantitative estimate of drug-likeness (QED) is 0.689. The first-order chi connectivity index (χ1) is 8.75. The van der Waals surface area contributed by atoms with E-state index in [0.29, 0.717) is 5.84 Å². The van der Waals surface area contributed by atoms with Crippen LogP contribution in [-0.2, 0) is 4.79 Å². The highest BCUT2D eigenvalue weighted by Gasteiger charge is 2.29. The molecule has 2 aliphatic heterocycles. The van der Waals surface area contributed by atoms with Crippen LogP contribution in [0.1, 0.15) is 5.56 Å². The van der Waals surface area contributed by atoms with E-state index < -0.39 is 0 Å². The maximum absolute atomic E-state index is 11.9. The largest absolute Gasteiger partial charge is 0.269 e. The Balaban J connectivity index is 2.20. The van der Waals surface area contributed by atoms with E-state index in [1.54, 1.807) is 17.1 Å². The molecule has 0 unspecified atom stereocenters. The summed E-state index contributed by atoms with van der Waals surface area (Å²) in [6.07, 6.45) is 3.34. The van der Waals surface area contributed by atoms with Crippen molar-refractivity contribution in [2.45, 2.75) is 6.92 Å². The van der Waals surface area contributed by atoms with Gasteiger partial charge in [-0.2, -0.15) is 0 Å². The minimum absolute atomic E-state index is 0.0200. The van der Waals surface area contributed by atoms with Gasteiger partial charge >= 0.3 is 0 Å². The van der Waals surface area contributed by atoms with Gasteiger partial charge in [0.15, 0.2) is 0 Å². The zero-order valence-corrected chi connectivity index (χ0v) is 9.84. The zero-order valence-electron chi connectivity index (χ0n) is 9.84. The van der Waals surface area contributed by atoms with E-state index in [4.69, 9.17) is 0 Å². The number of carbonyl (C=O) groups excluding carboxylic acids is 1. The molecular weight excluding hydrogens is 224 g/mol. The molecule has 2 aliphatic rings. The van der Waals surface area contributed by atoms with Gasteiger partial charge in [-0.15, -0.1) is 0 Å². The molecule has 1 amide bonds. The molecule has 86 valence electrons. The van der Waals surface area contributed by atoms with Gasteiger partial charge in [-0.05, 0) is 30.0 Å². The molecule has 3 heteroatoms. The number of rotatable bonds is 0. The number of aryl methyl sites for hydroxylation is 1. The number of aliphatic imine (C=N–C) groups is 1. The molecule has 0 bridgehead atoms. The predicted molar refractivity (Wildman–Crippen MR) is 72.4 cm³/mol. The third-order valence-electron chi connectivity index (χ3n) is 3.49. The van der Waals surface area contributed by atoms with Gasteiger partial charge in [-0.25, -0.2) is 4.99 Å². The Kier molecular flexibility index (Phi) is 1.64. The highest BCUT2D eigenvalue weighted by molar-refractivity contribution is 6.35. The first-order valence-electron chi connectivity index (χ1n) is 5.89. The predicted octanol–water partition coefficient (Wildman–Crippen LogP) is 3.09. The van der Waals surface area contributed by atoms with Crippen molar-refractivity contribution >= 4 is 33.9 Å². The maximum Gasteiger partial charge on any atom is 0.256 e. The first kappa shape index (κ1) is 9.59.